The van der Waals surface area contributed by atoms with Crippen molar-refractivity contribution in [1.82, 2.24) is 14.7 Å². The van der Waals surface area contributed by atoms with Crippen molar-refractivity contribution in [2.75, 3.05) is 13.2 Å². The van der Waals surface area contributed by atoms with Gasteiger partial charge in [-0.2, -0.15) is 5.10 Å². The first-order valence-corrected chi connectivity index (χ1v) is 5.70. The van der Waals surface area contributed by atoms with Gasteiger partial charge in [0.1, 0.15) is 6.04 Å². The number of primary amides is 1. The third-order valence-corrected chi connectivity index (χ3v) is 3.03. The number of rotatable bonds is 3. The highest BCUT2D eigenvalue weighted by Crippen LogP contribution is 2.16. The van der Waals surface area contributed by atoms with E-state index in [1.807, 2.05) is 25.1 Å². The number of hydrogen-bond acceptors (Lipinski definition) is 4. The number of carbonyl (C=O) groups excluding carboxylic acids is 1. The van der Waals surface area contributed by atoms with Gasteiger partial charge in [-0.05, 0) is 6.92 Å². The van der Waals surface area contributed by atoms with Gasteiger partial charge in [0.15, 0.2) is 0 Å². The molecule has 1 saturated heterocycles. The van der Waals surface area contributed by atoms with Gasteiger partial charge in [-0.15, -0.1) is 0 Å². The lowest BCUT2D eigenvalue weighted by atomic mass is 10.1. The van der Waals surface area contributed by atoms with E-state index in [9.17, 15) is 4.79 Å². The molecule has 0 unspecified atom stereocenters. The molecule has 0 radical (unpaired) electrons. The van der Waals surface area contributed by atoms with Crippen LogP contribution in [0.1, 0.15) is 12.5 Å². The van der Waals surface area contributed by atoms with Crippen molar-refractivity contribution in [2.45, 2.75) is 25.6 Å². The van der Waals surface area contributed by atoms with Crippen LogP contribution in [0.3, 0.4) is 0 Å². The lowest BCUT2D eigenvalue weighted by molar-refractivity contribution is -0.136. The maximum Gasteiger partial charge on any atom is 0.237 e. The number of amides is 1. The Morgan fingerprint density at radius 2 is 2.47 bits per heavy atom. The summed E-state index contributed by atoms with van der Waals surface area (Å²) in [4.78, 5) is 13.5. The van der Waals surface area contributed by atoms with E-state index >= 15 is 0 Å². The van der Waals surface area contributed by atoms with Crippen molar-refractivity contribution >= 4 is 5.91 Å². The van der Waals surface area contributed by atoms with Gasteiger partial charge in [0.2, 0.25) is 5.91 Å². The fourth-order valence-corrected chi connectivity index (χ4v) is 2.26. The normalized spacial score (nSPS) is 26.0. The number of carbonyl (C=O) groups is 1. The van der Waals surface area contributed by atoms with E-state index in [-0.39, 0.29) is 18.1 Å². The predicted octanol–water partition coefficient (Wildman–Crippen LogP) is -0.505. The molecule has 0 bridgehead atoms. The number of ether oxygens (including phenoxy) is 1. The first-order valence-electron chi connectivity index (χ1n) is 5.70. The maximum absolute atomic E-state index is 11.5. The molecule has 17 heavy (non-hydrogen) atoms. The molecule has 1 aromatic heterocycles. The molecule has 6 heteroatoms. The summed E-state index contributed by atoms with van der Waals surface area (Å²) in [6, 6.07) is -0.357. The fourth-order valence-electron chi connectivity index (χ4n) is 2.26. The molecule has 0 aromatic carbocycles. The standard InChI is InChI=1S/C11H18N4O2/c1-8-10(11(12)16)15(3-4-17-8)7-9-5-13-14(2)6-9/h5-6,8,10H,3-4,7H2,1-2H3,(H2,12,16)/t8-,10+/m1/s1. The number of hydrogen-bond donors (Lipinski definition) is 1. The van der Waals surface area contributed by atoms with Crippen molar-refractivity contribution < 1.29 is 9.53 Å². The Bertz CT molecular complexity index is 404. The largest absolute Gasteiger partial charge is 0.375 e. The molecule has 2 rings (SSSR count). The second kappa shape index (κ2) is 4.85. The summed E-state index contributed by atoms with van der Waals surface area (Å²) in [6.07, 6.45) is 3.59. The molecule has 2 atom stereocenters. The lowest BCUT2D eigenvalue weighted by Crippen LogP contribution is -2.56. The Hall–Kier alpha value is -1.40. The minimum Gasteiger partial charge on any atom is -0.375 e. The number of nitrogens with two attached hydrogens (primary N) is 1. The summed E-state index contributed by atoms with van der Waals surface area (Å²) in [6.45, 7) is 3.90. The van der Waals surface area contributed by atoms with E-state index in [1.54, 1.807) is 10.9 Å². The molecule has 2 N–H and O–H groups in total. The Labute approximate surface area is 100 Å². The van der Waals surface area contributed by atoms with E-state index in [1.165, 1.54) is 0 Å². The highest BCUT2D eigenvalue weighted by molar-refractivity contribution is 5.80. The summed E-state index contributed by atoms with van der Waals surface area (Å²) in [7, 11) is 1.87. The molecule has 2 heterocycles. The van der Waals surface area contributed by atoms with Crippen LogP contribution in [-0.2, 0) is 23.1 Å². The van der Waals surface area contributed by atoms with Crippen molar-refractivity contribution in [1.29, 1.82) is 0 Å². The predicted molar refractivity (Wildman–Crippen MR) is 62.0 cm³/mol. The quantitative estimate of drug-likeness (QED) is 0.770. The molecule has 94 valence electrons. The monoisotopic (exact) mass is 238 g/mol. The highest BCUT2D eigenvalue weighted by Gasteiger charge is 2.33. The zero-order valence-corrected chi connectivity index (χ0v) is 10.2. The van der Waals surface area contributed by atoms with E-state index in [2.05, 4.69) is 5.10 Å². The van der Waals surface area contributed by atoms with Crippen LogP contribution in [0.2, 0.25) is 0 Å². The van der Waals surface area contributed by atoms with E-state index < -0.39 is 0 Å². The average Bonchev–Trinajstić information content (AvgIpc) is 2.63. The van der Waals surface area contributed by atoms with Crippen molar-refractivity contribution in [3.63, 3.8) is 0 Å². The first-order chi connectivity index (χ1) is 8.08. The molecule has 1 amide bonds. The molecule has 6 nitrogen and oxygen atoms in total. The van der Waals surface area contributed by atoms with E-state index in [0.29, 0.717) is 19.7 Å². The van der Waals surface area contributed by atoms with Crippen molar-refractivity contribution in [3.05, 3.63) is 18.0 Å². The van der Waals surface area contributed by atoms with Gasteiger partial charge in [-0.1, -0.05) is 0 Å². The average molecular weight is 238 g/mol. The van der Waals surface area contributed by atoms with Crippen LogP contribution in [0.4, 0.5) is 0 Å². The highest BCUT2D eigenvalue weighted by atomic mass is 16.5. The molecular formula is C11H18N4O2. The van der Waals surface area contributed by atoms with Gasteiger partial charge in [0.25, 0.3) is 0 Å². The number of morpholine rings is 1. The minimum absolute atomic E-state index is 0.155. The van der Waals surface area contributed by atoms with Gasteiger partial charge >= 0.3 is 0 Å². The molecule has 1 aliphatic rings. The van der Waals surface area contributed by atoms with Crippen LogP contribution in [0.25, 0.3) is 0 Å². The van der Waals surface area contributed by atoms with Crippen LogP contribution in [0, 0.1) is 0 Å². The Morgan fingerprint density at radius 3 is 3.06 bits per heavy atom. The number of nitrogens with zero attached hydrogens (tertiary/aromatic N) is 3. The zero-order chi connectivity index (χ0) is 12.4. The third-order valence-electron chi connectivity index (χ3n) is 3.03. The molecule has 1 aliphatic heterocycles. The Kier molecular flexibility index (Phi) is 3.44. The second-order valence-corrected chi connectivity index (χ2v) is 4.42. The molecule has 0 saturated carbocycles. The molecular weight excluding hydrogens is 220 g/mol. The van der Waals surface area contributed by atoms with E-state index in [0.717, 1.165) is 5.56 Å². The van der Waals surface area contributed by atoms with Gasteiger partial charge in [0.05, 0.1) is 18.9 Å². The zero-order valence-electron chi connectivity index (χ0n) is 10.2. The van der Waals surface area contributed by atoms with Gasteiger partial charge < -0.3 is 10.5 Å². The topological polar surface area (TPSA) is 73.4 Å². The van der Waals surface area contributed by atoms with Crippen molar-refractivity contribution in [3.8, 4) is 0 Å². The summed E-state index contributed by atoms with van der Waals surface area (Å²) in [5, 5.41) is 4.11. The summed E-state index contributed by atoms with van der Waals surface area (Å²) >= 11 is 0. The van der Waals surface area contributed by atoms with Gasteiger partial charge in [-0.25, -0.2) is 0 Å². The third kappa shape index (κ3) is 2.65. The molecule has 0 spiro atoms. The van der Waals surface area contributed by atoms with Crippen molar-refractivity contribution in [2.24, 2.45) is 12.8 Å². The lowest BCUT2D eigenvalue weighted by Gasteiger charge is -2.37. The summed E-state index contributed by atoms with van der Waals surface area (Å²) in [5.41, 5.74) is 6.50. The summed E-state index contributed by atoms with van der Waals surface area (Å²) < 4.78 is 7.21. The van der Waals surface area contributed by atoms with Crippen LogP contribution in [0.5, 0.6) is 0 Å². The molecule has 1 fully saturated rings. The van der Waals surface area contributed by atoms with Gasteiger partial charge in [-0.3, -0.25) is 14.4 Å². The molecule has 1 aromatic rings. The van der Waals surface area contributed by atoms with E-state index in [4.69, 9.17) is 10.5 Å². The SMILES string of the molecule is C[C@H]1OCCN(Cc2cnn(C)c2)[C@@H]1C(N)=O. The minimum atomic E-state index is -0.357. The number of aromatic nitrogens is 2. The van der Waals surface area contributed by atoms with Crippen LogP contribution in [-0.4, -0.2) is 45.9 Å². The van der Waals surface area contributed by atoms with Crippen LogP contribution >= 0.6 is 0 Å². The van der Waals surface area contributed by atoms with Crippen LogP contribution in [0.15, 0.2) is 12.4 Å². The molecule has 0 aliphatic carbocycles. The number of aryl methyl sites for hydroxylation is 1. The Morgan fingerprint density at radius 1 is 1.71 bits per heavy atom. The van der Waals surface area contributed by atoms with Gasteiger partial charge in [0, 0.05) is 31.9 Å². The maximum atomic E-state index is 11.5. The Balaban J connectivity index is 2.09. The second-order valence-electron chi connectivity index (χ2n) is 4.42. The first kappa shape index (κ1) is 12.1. The summed E-state index contributed by atoms with van der Waals surface area (Å²) in [5.74, 6) is -0.332. The fraction of sp³-hybridized carbons (Fsp3) is 0.636. The van der Waals surface area contributed by atoms with Crippen LogP contribution < -0.4 is 5.73 Å². The smallest absolute Gasteiger partial charge is 0.237 e.